The van der Waals surface area contributed by atoms with Gasteiger partial charge in [-0.15, -0.1) is 67.9 Å². The van der Waals surface area contributed by atoms with Gasteiger partial charge in [0.05, 0.1) is 23.3 Å². The Hall–Kier alpha value is -0.233. The van der Waals surface area contributed by atoms with E-state index in [0.29, 0.717) is 0 Å². The maximum Gasteiger partial charge on any atom is 0.0812 e. The van der Waals surface area contributed by atoms with Crippen LogP contribution in [0.2, 0.25) is 0 Å². The molecule has 0 bridgehead atoms. The average molecular weight is 741 g/mol. The molecule has 4 nitrogen and oxygen atoms in total. The first-order valence-electron chi connectivity index (χ1n) is 7.38. The zero-order valence-electron chi connectivity index (χ0n) is 14.8. The zero-order valence-corrected chi connectivity index (χ0v) is 23.7. The second-order valence-electron chi connectivity index (χ2n) is 4.87. The molecule has 2 aromatic heterocycles. The first-order chi connectivity index (χ1) is 11.4. The summed E-state index contributed by atoms with van der Waals surface area (Å²) in [6, 6.07) is 19.4. The summed E-state index contributed by atoms with van der Waals surface area (Å²) in [5.74, 6) is 0. The Morgan fingerprint density at radius 2 is 1.21 bits per heavy atom. The van der Waals surface area contributed by atoms with Crippen molar-refractivity contribution in [1.29, 1.82) is 0 Å². The van der Waals surface area contributed by atoms with Crippen LogP contribution in [0.1, 0.15) is 11.4 Å². The Labute approximate surface area is 233 Å². The van der Waals surface area contributed by atoms with Gasteiger partial charge in [-0.2, -0.15) is 0 Å². The number of aromatic nitrogens is 2. The van der Waals surface area contributed by atoms with Crippen molar-refractivity contribution in [1.82, 2.24) is 9.97 Å². The molecular weight excluding hydrogens is 721 g/mol. The molecule has 10 heteroatoms. The summed E-state index contributed by atoms with van der Waals surface area (Å²) >= 11 is 0. The Morgan fingerprint density at radius 1 is 0.655 bits per heavy atom. The van der Waals surface area contributed by atoms with E-state index in [4.69, 9.17) is 0 Å². The predicted molar refractivity (Wildman–Crippen MR) is 135 cm³/mol. The molecule has 0 N–H and O–H groups in total. The van der Waals surface area contributed by atoms with Crippen LogP contribution in [0, 0.1) is 0 Å². The number of aliphatic imine (C=N–C) groups is 2. The molecule has 3 rings (SSSR count). The third-order valence-corrected chi connectivity index (χ3v) is 3.15. The first-order valence-corrected chi connectivity index (χ1v) is 7.38. The molecule has 0 fully saturated rings. The molecule has 0 saturated carbocycles. The van der Waals surface area contributed by atoms with E-state index in [-0.39, 0.29) is 101 Å². The third-order valence-electron chi connectivity index (χ3n) is 3.15. The summed E-state index contributed by atoms with van der Waals surface area (Å²) in [4.78, 5) is 17.3. The van der Waals surface area contributed by atoms with Gasteiger partial charge in [-0.05, 0) is 48.5 Å². The van der Waals surface area contributed by atoms with Crippen molar-refractivity contribution >= 4 is 91.7 Å². The fourth-order valence-electron chi connectivity index (χ4n) is 1.98. The molecule has 164 valence electrons. The van der Waals surface area contributed by atoms with Crippen LogP contribution in [0.5, 0.6) is 0 Å². The average Bonchev–Trinajstić information content (AvgIpc) is 2.63. The van der Waals surface area contributed by atoms with Gasteiger partial charge in [-0.3, -0.25) is 20.0 Å². The maximum absolute atomic E-state index is 4.43. The molecule has 3 aromatic rings. The van der Waals surface area contributed by atoms with E-state index in [0.717, 1.165) is 29.2 Å². The topological polar surface area (TPSA) is 50.5 Å². The predicted octanol–water partition coefficient (Wildman–Crippen LogP) is 6.48. The molecule has 0 aliphatic rings. The summed E-state index contributed by atoms with van der Waals surface area (Å²) in [5.41, 5.74) is 3.62. The van der Waals surface area contributed by atoms with Crippen molar-refractivity contribution in [3.05, 3.63) is 84.4 Å². The normalized spacial score (nSPS) is 8.97. The Kier molecular flexibility index (Phi) is 26.2. The monoisotopic (exact) mass is 736 g/mol. The summed E-state index contributed by atoms with van der Waals surface area (Å²) in [5, 5.41) is 0. The quantitative estimate of drug-likeness (QED) is 0.222. The van der Waals surface area contributed by atoms with E-state index < -0.39 is 0 Å². The van der Waals surface area contributed by atoms with Gasteiger partial charge in [-0.1, -0.05) is 12.1 Å². The van der Waals surface area contributed by atoms with Crippen LogP contribution in [0.25, 0.3) is 0 Å². The third kappa shape index (κ3) is 13.6. The van der Waals surface area contributed by atoms with Crippen molar-refractivity contribution in [2.24, 2.45) is 9.98 Å². The molecule has 0 amide bonds. The van der Waals surface area contributed by atoms with Crippen LogP contribution >= 0.6 is 67.9 Å². The van der Waals surface area contributed by atoms with Crippen molar-refractivity contribution in [2.45, 2.75) is 6.42 Å². The van der Waals surface area contributed by atoms with Gasteiger partial charge < -0.3 is 0 Å². The van der Waals surface area contributed by atoms with Crippen LogP contribution in [-0.4, -0.2) is 22.4 Å². The molecule has 0 spiro atoms. The van der Waals surface area contributed by atoms with Crippen LogP contribution in [-0.2, 0) is 39.4 Å². The van der Waals surface area contributed by atoms with Gasteiger partial charge in [0.15, 0.2) is 0 Å². The number of nitrogens with zero attached hydrogens (tertiary/aromatic N) is 4. The molecule has 0 unspecified atom stereocenters. The SMILES string of the molecule is Br.Br.Br.Br.C(Cc1ccccn1)=Nc1ccc(N=Cc2ccccn2)cc1.[Ni].[Ni]. The molecule has 0 saturated heterocycles. The molecule has 29 heavy (non-hydrogen) atoms. The minimum Gasteiger partial charge on any atom is -0.261 e. The molecule has 0 radical (unpaired) electrons. The summed E-state index contributed by atoms with van der Waals surface area (Å²) in [6.07, 6.45) is 7.88. The number of rotatable bonds is 5. The van der Waals surface area contributed by atoms with Gasteiger partial charge in [0.1, 0.15) is 0 Å². The molecule has 2 heterocycles. The fourth-order valence-corrected chi connectivity index (χ4v) is 1.98. The number of halogens is 4. The second-order valence-corrected chi connectivity index (χ2v) is 4.87. The van der Waals surface area contributed by atoms with Crippen LogP contribution in [0.15, 0.2) is 83.0 Å². The second kappa shape index (κ2) is 21.0. The zero-order chi connectivity index (χ0) is 15.7. The van der Waals surface area contributed by atoms with Gasteiger partial charge in [0.2, 0.25) is 0 Å². The van der Waals surface area contributed by atoms with Crippen molar-refractivity contribution in [3.8, 4) is 0 Å². The maximum atomic E-state index is 4.43. The van der Waals surface area contributed by atoms with E-state index in [1.165, 1.54) is 0 Å². The summed E-state index contributed by atoms with van der Waals surface area (Å²) in [7, 11) is 0. The van der Waals surface area contributed by atoms with E-state index in [9.17, 15) is 0 Å². The minimum atomic E-state index is 0. The molecule has 0 aliphatic carbocycles. The van der Waals surface area contributed by atoms with Crippen LogP contribution in [0.3, 0.4) is 0 Å². The fraction of sp³-hybridized carbons (Fsp3) is 0.0526. The number of hydrogen-bond donors (Lipinski definition) is 0. The molecule has 0 aliphatic heterocycles. The smallest absolute Gasteiger partial charge is 0.0812 e. The Bertz CT molecular complexity index is 805. The van der Waals surface area contributed by atoms with Gasteiger partial charge >= 0.3 is 0 Å². The summed E-state index contributed by atoms with van der Waals surface area (Å²) < 4.78 is 0. The van der Waals surface area contributed by atoms with Crippen molar-refractivity contribution in [3.63, 3.8) is 0 Å². The first kappa shape index (κ1) is 36.2. The summed E-state index contributed by atoms with van der Waals surface area (Å²) in [6.45, 7) is 0. The van der Waals surface area contributed by atoms with E-state index in [1.54, 1.807) is 18.6 Å². The van der Waals surface area contributed by atoms with Gasteiger partial charge in [0, 0.05) is 63.7 Å². The van der Waals surface area contributed by atoms with E-state index >= 15 is 0 Å². The molecule has 0 atom stereocenters. The Morgan fingerprint density at radius 3 is 1.72 bits per heavy atom. The van der Waals surface area contributed by atoms with Gasteiger partial charge in [0.25, 0.3) is 0 Å². The van der Waals surface area contributed by atoms with Crippen LogP contribution in [0.4, 0.5) is 11.4 Å². The van der Waals surface area contributed by atoms with E-state index in [1.807, 2.05) is 66.9 Å². The minimum absolute atomic E-state index is 0. The largest absolute Gasteiger partial charge is 0.261 e. The van der Waals surface area contributed by atoms with Crippen LogP contribution < -0.4 is 0 Å². The van der Waals surface area contributed by atoms with Crippen molar-refractivity contribution in [2.75, 3.05) is 0 Å². The number of pyridine rings is 2. The Balaban J connectivity index is -0.000000521. The standard InChI is InChI=1S/C19H16N4.4BrH.2Ni/c1-3-12-20-16(5-1)11-14-22-17-7-9-18(10-8-17)23-15-19-6-2-4-13-21-19;;;;;;/h1-10,12-15H,11H2;4*1H;;. The van der Waals surface area contributed by atoms with Crippen molar-refractivity contribution < 1.29 is 33.0 Å². The van der Waals surface area contributed by atoms with E-state index in [2.05, 4.69) is 20.0 Å². The number of hydrogen-bond acceptors (Lipinski definition) is 4. The van der Waals surface area contributed by atoms with Gasteiger partial charge in [-0.25, -0.2) is 0 Å². The molecular formula is C19H20Br4N4Ni2. The number of benzene rings is 1. The molecule has 1 aromatic carbocycles.